The van der Waals surface area contributed by atoms with Gasteiger partial charge in [0.1, 0.15) is 18.2 Å². The van der Waals surface area contributed by atoms with E-state index in [1.807, 2.05) is 19.1 Å². The second-order valence-corrected chi connectivity index (χ2v) is 5.40. The number of nitrogens with one attached hydrogen (secondary N) is 2. The molecule has 0 aliphatic rings. The number of amides is 1. The number of rotatable bonds is 7. The van der Waals surface area contributed by atoms with E-state index in [1.54, 1.807) is 12.1 Å². The molecule has 7 heteroatoms. The Kier molecular flexibility index (Phi) is 7.31. The molecule has 0 saturated heterocycles. The van der Waals surface area contributed by atoms with E-state index < -0.39 is 11.7 Å². The van der Waals surface area contributed by atoms with Crippen LogP contribution in [0.15, 0.2) is 48.5 Å². The summed E-state index contributed by atoms with van der Waals surface area (Å²) in [5.41, 5.74) is 0.997. The van der Waals surface area contributed by atoms with Gasteiger partial charge in [0.05, 0.1) is 6.61 Å². The van der Waals surface area contributed by atoms with E-state index >= 15 is 0 Å². The third kappa shape index (κ3) is 6.48. The van der Waals surface area contributed by atoms with Crippen LogP contribution in [0.4, 0.5) is 10.1 Å². The van der Waals surface area contributed by atoms with E-state index in [1.165, 1.54) is 24.3 Å². The maximum Gasteiger partial charge on any atom is 0.257 e. The van der Waals surface area contributed by atoms with Crippen LogP contribution in [0.5, 0.6) is 5.75 Å². The van der Waals surface area contributed by atoms with Gasteiger partial charge in [-0.25, -0.2) is 4.39 Å². The minimum Gasteiger partial charge on any atom is -0.491 e. The van der Waals surface area contributed by atoms with Gasteiger partial charge in [0.25, 0.3) is 5.91 Å². The van der Waals surface area contributed by atoms with Gasteiger partial charge in [-0.05, 0) is 55.5 Å². The summed E-state index contributed by atoms with van der Waals surface area (Å²) in [6.07, 6.45) is 0. The van der Waals surface area contributed by atoms with Gasteiger partial charge in [-0.1, -0.05) is 6.07 Å². The van der Waals surface area contributed by atoms with Gasteiger partial charge >= 0.3 is 0 Å². The summed E-state index contributed by atoms with van der Waals surface area (Å²) < 4.78 is 23.7. The summed E-state index contributed by atoms with van der Waals surface area (Å²) in [6, 6.07) is 12.4. The lowest BCUT2D eigenvalue weighted by Crippen LogP contribution is -2.34. The smallest absolute Gasteiger partial charge is 0.257 e. The van der Waals surface area contributed by atoms with Crippen molar-refractivity contribution in [3.63, 3.8) is 0 Å². The molecule has 0 radical (unpaired) electrons. The van der Waals surface area contributed by atoms with E-state index in [4.69, 9.17) is 21.7 Å². The third-order valence-electron chi connectivity index (χ3n) is 3.13. The monoisotopic (exact) mass is 362 g/mol. The Morgan fingerprint density at radius 1 is 1.16 bits per heavy atom. The molecule has 1 amide bonds. The predicted octanol–water partition coefficient (Wildman–Crippen LogP) is 3.37. The summed E-state index contributed by atoms with van der Waals surface area (Å²) in [5.74, 6) is -0.155. The maximum absolute atomic E-state index is 12.9. The van der Waals surface area contributed by atoms with Gasteiger partial charge in [-0.15, -0.1) is 0 Å². The summed E-state index contributed by atoms with van der Waals surface area (Å²) in [7, 11) is 0. The average molecular weight is 362 g/mol. The fraction of sp³-hybridized carbons (Fsp3) is 0.222. The zero-order valence-electron chi connectivity index (χ0n) is 13.8. The number of hydrogen-bond donors (Lipinski definition) is 2. The van der Waals surface area contributed by atoms with Crippen molar-refractivity contribution in [2.75, 3.05) is 25.1 Å². The van der Waals surface area contributed by atoms with E-state index in [0.29, 0.717) is 36.8 Å². The predicted molar refractivity (Wildman–Crippen MR) is 98.5 cm³/mol. The van der Waals surface area contributed by atoms with Crippen molar-refractivity contribution in [3.05, 3.63) is 59.9 Å². The molecule has 25 heavy (non-hydrogen) atoms. The van der Waals surface area contributed by atoms with Crippen molar-refractivity contribution in [1.82, 2.24) is 5.32 Å². The highest BCUT2D eigenvalue weighted by molar-refractivity contribution is 7.80. The molecular weight excluding hydrogens is 343 g/mol. The molecule has 0 spiro atoms. The highest BCUT2D eigenvalue weighted by Crippen LogP contribution is 2.17. The number of halogens is 1. The largest absolute Gasteiger partial charge is 0.491 e. The lowest BCUT2D eigenvalue weighted by atomic mass is 10.2. The first-order valence-corrected chi connectivity index (χ1v) is 8.18. The van der Waals surface area contributed by atoms with Crippen molar-refractivity contribution in [1.29, 1.82) is 0 Å². The van der Waals surface area contributed by atoms with Crippen molar-refractivity contribution < 1.29 is 18.7 Å². The molecule has 5 nitrogen and oxygen atoms in total. The first kappa shape index (κ1) is 18.8. The summed E-state index contributed by atoms with van der Waals surface area (Å²) in [5, 5.41) is 5.59. The van der Waals surface area contributed by atoms with Crippen LogP contribution in [0.25, 0.3) is 0 Å². The van der Waals surface area contributed by atoms with E-state index in [0.717, 1.165) is 0 Å². The molecule has 2 aromatic carbocycles. The molecule has 2 rings (SSSR count). The molecule has 132 valence electrons. The van der Waals surface area contributed by atoms with Crippen LogP contribution in [0.1, 0.15) is 17.3 Å². The molecule has 0 atom stereocenters. The highest BCUT2D eigenvalue weighted by atomic mass is 32.1. The molecule has 0 heterocycles. The normalized spacial score (nSPS) is 10.2. The molecule has 0 unspecified atom stereocenters. The standard InChI is InChI=1S/C18H19FN2O3S/c1-2-23-10-11-24-16-5-3-4-15(12-16)20-18(25)21-17(22)13-6-8-14(19)9-7-13/h3-9,12H,2,10-11H2,1H3,(H2,20,21,22,25). The molecule has 0 saturated carbocycles. The average Bonchev–Trinajstić information content (AvgIpc) is 2.59. The first-order valence-electron chi connectivity index (χ1n) is 7.77. The van der Waals surface area contributed by atoms with Crippen LogP contribution in [0.2, 0.25) is 0 Å². The van der Waals surface area contributed by atoms with Crippen LogP contribution < -0.4 is 15.4 Å². The molecule has 0 fully saturated rings. The van der Waals surface area contributed by atoms with Crippen LogP contribution in [0, 0.1) is 5.82 Å². The molecule has 2 aromatic rings. The van der Waals surface area contributed by atoms with Crippen LogP contribution in [-0.4, -0.2) is 30.8 Å². The molecule has 0 aliphatic carbocycles. The zero-order valence-corrected chi connectivity index (χ0v) is 14.6. The number of benzene rings is 2. The van der Waals surface area contributed by atoms with Crippen LogP contribution in [0.3, 0.4) is 0 Å². The van der Waals surface area contributed by atoms with Crippen LogP contribution >= 0.6 is 12.2 Å². The summed E-state index contributed by atoms with van der Waals surface area (Å²) in [6.45, 7) is 3.53. The fourth-order valence-electron chi connectivity index (χ4n) is 1.97. The summed E-state index contributed by atoms with van der Waals surface area (Å²) >= 11 is 5.13. The number of carbonyl (C=O) groups is 1. The fourth-order valence-corrected chi connectivity index (χ4v) is 2.18. The van der Waals surface area contributed by atoms with Gasteiger partial charge in [0.2, 0.25) is 0 Å². The SMILES string of the molecule is CCOCCOc1cccc(NC(=S)NC(=O)c2ccc(F)cc2)c1. The van der Waals surface area contributed by atoms with Gasteiger partial charge in [-0.2, -0.15) is 0 Å². The lowest BCUT2D eigenvalue weighted by Gasteiger charge is -2.11. The topological polar surface area (TPSA) is 59.6 Å². The Balaban J connectivity index is 1.87. The molecule has 2 N–H and O–H groups in total. The van der Waals surface area contributed by atoms with Crippen molar-refractivity contribution in [2.24, 2.45) is 0 Å². The van der Waals surface area contributed by atoms with Crippen molar-refractivity contribution in [2.45, 2.75) is 6.92 Å². The second kappa shape index (κ2) is 9.71. The Morgan fingerprint density at radius 3 is 2.64 bits per heavy atom. The Bertz CT molecular complexity index is 723. The minimum atomic E-state index is -0.415. The van der Waals surface area contributed by atoms with Gasteiger partial charge in [0.15, 0.2) is 5.11 Å². The lowest BCUT2D eigenvalue weighted by molar-refractivity contribution is 0.0977. The Morgan fingerprint density at radius 2 is 1.92 bits per heavy atom. The van der Waals surface area contributed by atoms with E-state index in [-0.39, 0.29) is 5.11 Å². The van der Waals surface area contributed by atoms with Crippen LogP contribution in [-0.2, 0) is 4.74 Å². The maximum atomic E-state index is 12.9. The Hall–Kier alpha value is -2.51. The highest BCUT2D eigenvalue weighted by Gasteiger charge is 2.08. The van der Waals surface area contributed by atoms with E-state index in [2.05, 4.69) is 10.6 Å². The Labute approximate surface area is 151 Å². The quantitative estimate of drug-likeness (QED) is 0.584. The van der Waals surface area contributed by atoms with E-state index in [9.17, 15) is 9.18 Å². The number of ether oxygens (including phenoxy) is 2. The second-order valence-electron chi connectivity index (χ2n) is 4.99. The summed E-state index contributed by atoms with van der Waals surface area (Å²) in [4.78, 5) is 12.0. The molecule has 0 aliphatic heterocycles. The third-order valence-corrected chi connectivity index (χ3v) is 3.33. The van der Waals surface area contributed by atoms with Crippen molar-refractivity contribution >= 4 is 28.9 Å². The zero-order chi connectivity index (χ0) is 18.1. The number of thiocarbonyl (C=S) groups is 1. The molecule has 0 aromatic heterocycles. The number of hydrogen-bond acceptors (Lipinski definition) is 4. The number of carbonyl (C=O) groups excluding carboxylic acids is 1. The minimum absolute atomic E-state index is 0.140. The van der Waals surface area contributed by atoms with Gasteiger partial charge in [0, 0.05) is 23.9 Å². The van der Waals surface area contributed by atoms with Gasteiger partial charge in [-0.3, -0.25) is 10.1 Å². The molecule has 0 bridgehead atoms. The number of anilines is 1. The van der Waals surface area contributed by atoms with Crippen molar-refractivity contribution in [3.8, 4) is 5.75 Å². The molecular formula is C18H19FN2O3S. The first-order chi connectivity index (χ1) is 12.1. The van der Waals surface area contributed by atoms with Gasteiger partial charge < -0.3 is 14.8 Å².